The minimum absolute atomic E-state index is 0.130. The lowest BCUT2D eigenvalue weighted by Gasteiger charge is -2.10. The Labute approximate surface area is 148 Å². The van der Waals surface area contributed by atoms with Crippen LogP contribution in [0.1, 0.15) is 24.5 Å². The van der Waals surface area contributed by atoms with Crippen LogP contribution in [0.25, 0.3) is 0 Å². The summed E-state index contributed by atoms with van der Waals surface area (Å²) in [5.41, 5.74) is 2.30. The van der Waals surface area contributed by atoms with Gasteiger partial charge in [-0.2, -0.15) is 0 Å². The van der Waals surface area contributed by atoms with E-state index in [1.165, 1.54) is 5.56 Å². The molecule has 2 rings (SSSR count). The van der Waals surface area contributed by atoms with E-state index >= 15 is 0 Å². The van der Waals surface area contributed by atoms with Crippen molar-refractivity contribution >= 4 is 17.6 Å². The minimum Gasteiger partial charge on any atom is -0.473 e. The third kappa shape index (κ3) is 6.13. The first kappa shape index (κ1) is 18.1. The molecule has 5 heteroatoms. The van der Waals surface area contributed by atoms with Crippen molar-refractivity contribution in [2.45, 2.75) is 26.2 Å². The van der Waals surface area contributed by atoms with Gasteiger partial charge < -0.3 is 15.4 Å². The molecule has 2 aromatic carbocycles. The molecule has 0 saturated carbocycles. The van der Waals surface area contributed by atoms with Gasteiger partial charge in [-0.3, -0.25) is 0 Å². The second-order valence-corrected chi connectivity index (χ2v) is 5.86. The molecule has 2 aromatic rings. The summed E-state index contributed by atoms with van der Waals surface area (Å²) in [5, 5.41) is 6.17. The molecule has 0 unspecified atom stereocenters. The van der Waals surface area contributed by atoms with Crippen LogP contribution in [0.15, 0.2) is 48.5 Å². The van der Waals surface area contributed by atoms with Crippen LogP contribution in [0.2, 0.25) is 5.02 Å². The smallest absolute Gasteiger partial charge is 0.317 e. The standard InChI is InChI=1S/C19H23ClN2O2/c1-2-5-15-8-10-17(11-9-15)24-14-22-19(23)21-13-12-16-6-3-4-7-18(16)20/h3-4,6-11H,2,5,12-14H2,1H3,(H2,21,22,23). The molecule has 0 aliphatic heterocycles. The van der Waals surface area contributed by atoms with Crippen molar-refractivity contribution in [2.75, 3.05) is 13.3 Å². The number of benzene rings is 2. The predicted molar refractivity (Wildman–Crippen MR) is 97.6 cm³/mol. The van der Waals surface area contributed by atoms with Gasteiger partial charge in [-0.25, -0.2) is 4.79 Å². The quantitative estimate of drug-likeness (QED) is 0.705. The van der Waals surface area contributed by atoms with Crippen LogP contribution in [-0.2, 0) is 12.8 Å². The highest BCUT2D eigenvalue weighted by molar-refractivity contribution is 6.31. The Morgan fingerprint density at radius 3 is 2.50 bits per heavy atom. The summed E-state index contributed by atoms with van der Waals surface area (Å²) in [6, 6.07) is 15.3. The molecule has 24 heavy (non-hydrogen) atoms. The molecule has 0 spiro atoms. The van der Waals surface area contributed by atoms with Crippen molar-refractivity contribution in [1.29, 1.82) is 0 Å². The number of aryl methyl sites for hydroxylation is 1. The molecule has 128 valence electrons. The van der Waals surface area contributed by atoms with Gasteiger partial charge in [-0.15, -0.1) is 0 Å². The maximum Gasteiger partial charge on any atom is 0.317 e. The highest BCUT2D eigenvalue weighted by atomic mass is 35.5. The minimum atomic E-state index is -0.260. The summed E-state index contributed by atoms with van der Waals surface area (Å²) < 4.78 is 5.50. The Bertz CT molecular complexity index is 644. The van der Waals surface area contributed by atoms with E-state index < -0.39 is 0 Å². The lowest BCUT2D eigenvalue weighted by atomic mass is 10.1. The number of amides is 2. The van der Waals surface area contributed by atoms with Crippen LogP contribution in [0.5, 0.6) is 5.75 Å². The Morgan fingerprint density at radius 1 is 1.04 bits per heavy atom. The van der Waals surface area contributed by atoms with Gasteiger partial charge in [-0.05, 0) is 42.2 Å². The zero-order chi connectivity index (χ0) is 17.2. The Balaban J connectivity index is 1.63. The number of hydrogen-bond acceptors (Lipinski definition) is 2. The predicted octanol–water partition coefficient (Wildman–Crippen LogP) is 4.17. The molecule has 0 saturated heterocycles. The topological polar surface area (TPSA) is 50.4 Å². The van der Waals surface area contributed by atoms with Gasteiger partial charge in [0.2, 0.25) is 0 Å². The molecule has 0 atom stereocenters. The molecule has 0 fully saturated rings. The third-order valence-corrected chi connectivity index (χ3v) is 3.94. The van der Waals surface area contributed by atoms with Gasteiger partial charge in [0.1, 0.15) is 5.75 Å². The van der Waals surface area contributed by atoms with Crippen molar-refractivity contribution in [3.63, 3.8) is 0 Å². The van der Waals surface area contributed by atoms with E-state index in [4.69, 9.17) is 16.3 Å². The molecule has 0 aromatic heterocycles. The Morgan fingerprint density at radius 2 is 1.79 bits per heavy atom. The number of ether oxygens (including phenoxy) is 1. The first-order valence-corrected chi connectivity index (χ1v) is 8.53. The highest BCUT2D eigenvalue weighted by Gasteiger charge is 2.02. The summed E-state index contributed by atoms with van der Waals surface area (Å²) in [6.45, 7) is 2.80. The third-order valence-electron chi connectivity index (χ3n) is 3.57. The van der Waals surface area contributed by atoms with E-state index in [1.54, 1.807) is 0 Å². The van der Waals surface area contributed by atoms with E-state index in [0.717, 1.165) is 29.2 Å². The van der Waals surface area contributed by atoms with Crippen LogP contribution in [0, 0.1) is 0 Å². The summed E-state index contributed by atoms with van der Waals surface area (Å²) >= 11 is 6.07. The van der Waals surface area contributed by atoms with Crippen LogP contribution < -0.4 is 15.4 Å². The molecule has 2 N–H and O–H groups in total. The second kappa shape index (κ2) is 9.83. The number of hydrogen-bond donors (Lipinski definition) is 2. The molecule has 0 radical (unpaired) electrons. The molecule has 0 aliphatic rings. The van der Waals surface area contributed by atoms with Crippen molar-refractivity contribution < 1.29 is 9.53 Å². The lowest BCUT2D eigenvalue weighted by Crippen LogP contribution is -2.38. The number of halogens is 1. The maximum atomic E-state index is 11.7. The summed E-state index contributed by atoms with van der Waals surface area (Å²) in [6.07, 6.45) is 2.87. The Hall–Kier alpha value is -2.20. The molecule has 0 aliphatic carbocycles. The number of urea groups is 1. The van der Waals surface area contributed by atoms with Gasteiger partial charge in [0.05, 0.1) is 0 Å². The van der Waals surface area contributed by atoms with Crippen LogP contribution in [0.3, 0.4) is 0 Å². The van der Waals surface area contributed by atoms with Crippen molar-refractivity contribution in [3.8, 4) is 5.75 Å². The highest BCUT2D eigenvalue weighted by Crippen LogP contribution is 2.15. The van der Waals surface area contributed by atoms with Gasteiger partial charge >= 0.3 is 6.03 Å². The SMILES string of the molecule is CCCc1ccc(OCNC(=O)NCCc2ccccc2Cl)cc1. The monoisotopic (exact) mass is 346 g/mol. The fraction of sp³-hybridized carbons (Fsp3) is 0.316. The van der Waals surface area contributed by atoms with Crippen molar-refractivity contribution in [2.24, 2.45) is 0 Å². The normalized spacial score (nSPS) is 10.2. The van der Waals surface area contributed by atoms with Gasteiger partial charge in [-0.1, -0.05) is 55.3 Å². The van der Waals surface area contributed by atoms with Crippen LogP contribution >= 0.6 is 11.6 Å². The number of nitrogens with one attached hydrogen (secondary N) is 2. The van der Waals surface area contributed by atoms with E-state index in [2.05, 4.69) is 17.6 Å². The second-order valence-electron chi connectivity index (χ2n) is 5.46. The van der Waals surface area contributed by atoms with E-state index in [1.807, 2.05) is 48.5 Å². The van der Waals surface area contributed by atoms with E-state index in [-0.39, 0.29) is 12.8 Å². The van der Waals surface area contributed by atoms with Crippen molar-refractivity contribution in [3.05, 3.63) is 64.7 Å². The van der Waals surface area contributed by atoms with Gasteiger partial charge in [0, 0.05) is 11.6 Å². The average Bonchev–Trinajstić information content (AvgIpc) is 2.58. The number of carbonyl (C=O) groups is 1. The summed E-state index contributed by atoms with van der Waals surface area (Å²) in [7, 11) is 0. The number of carbonyl (C=O) groups excluding carboxylic acids is 1. The lowest BCUT2D eigenvalue weighted by molar-refractivity contribution is 0.224. The maximum absolute atomic E-state index is 11.7. The van der Waals surface area contributed by atoms with Crippen molar-refractivity contribution in [1.82, 2.24) is 10.6 Å². The van der Waals surface area contributed by atoms with E-state index in [9.17, 15) is 4.79 Å². The molecule has 0 heterocycles. The van der Waals surface area contributed by atoms with Gasteiger partial charge in [0.15, 0.2) is 6.73 Å². The average molecular weight is 347 g/mol. The first-order chi connectivity index (χ1) is 11.7. The summed E-state index contributed by atoms with van der Waals surface area (Å²) in [4.78, 5) is 11.7. The fourth-order valence-corrected chi connectivity index (χ4v) is 2.53. The fourth-order valence-electron chi connectivity index (χ4n) is 2.30. The Kier molecular flexibility index (Phi) is 7.43. The zero-order valence-electron chi connectivity index (χ0n) is 13.8. The zero-order valence-corrected chi connectivity index (χ0v) is 14.6. The number of rotatable bonds is 8. The largest absolute Gasteiger partial charge is 0.473 e. The summed E-state index contributed by atoms with van der Waals surface area (Å²) in [5.74, 6) is 0.742. The molecule has 2 amide bonds. The molecule has 4 nitrogen and oxygen atoms in total. The molecule has 0 bridgehead atoms. The molecular weight excluding hydrogens is 324 g/mol. The van der Waals surface area contributed by atoms with E-state index in [0.29, 0.717) is 13.0 Å². The van der Waals surface area contributed by atoms with Crippen LogP contribution in [0.4, 0.5) is 4.79 Å². The first-order valence-electron chi connectivity index (χ1n) is 8.16. The van der Waals surface area contributed by atoms with Gasteiger partial charge in [0.25, 0.3) is 0 Å². The van der Waals surface area contributed by atoms with Crippen LogP contribution in [-0.4, -0.2) is 19.3 Å². The molecular formula is C19H23ClN2O2.